The molecule has 0 atom stereocenters. The predicted octanol–water partition coefficient (Wildman–Crippen LogP) is 1.43. The standard InChI is InChI=1S/C13H16N6/c1-10-4-8-19-12(9-10)15-13(17-19)14-6-3-11-5-7-18(2)16-11/h4-5,7-9H,3,6H2,1-2H3,(H,14,17). The molecule has 0 unspecified atom stereocenters. The van der Waals surface area contributed by atoms with Crippen LogP contribution >= 0.6 is 0 Å². The van der Waals surface area contributed by atoms with E-state index in [0.29, 0.717) is 5.95 Å². The molecule has 0 radical (unpaired) electrons. The van der Waals surface area contributed by atoms with Crippen molar-refractivity contribution in [2.24, 2.45) is 7.05 Å². The van der Waals surface area contributed by atoms with Crippen molar-refractivity contribution in [1.82, 2.24) is 24.4 Å². The molecule has 0 amide bonds. The Hall–Kier alpha value is -2.37. The smallest absolute Gasteiger partial charge is 0.243 e. The summed E-state index contributed by atoms with van der Waals surface area (Å²) in [5.41, 5.74) is 3.11. The summed E-state index contributed by atoms with van der Waals surface area (Å²) in [6, 6.07) is 6.04. The van der Waals surface area contributed by atoms with E-state index in [2.05, 4.69) is 20.5 Å². The SMILES string of the molecule is Cc1ccn2nc(NCCc3ccn(C)n3)nc2c1. The Bertz CT molecular complexity index is 696. The number of fused-ring (bicyclic) bond motifs is 1. The molecule has 98 valence electrons. The van der Waals surface area contributed by atoms with Crippen molar-refractivity contribution in [3.63, 3.8) is 0 Å². The Labute approximate surface area is 111 Å². The van der Waals surface area contributed by atoms with Crippen LogP contribution in [0.15, 0.2) is 30.6 Å². The van der Waals surface area contributed by atoms with Gasteiger partial charge in [0.25, 0.3) is 0 Å². The molecule has 0 aliphatic carbocycles. The lowest BCUT2D eigenvalue weighted by molar-refractivity contribution is 0.741. The van der Waals surface area contributed by atoms with Crippen LogP contribution in [0.5, 0.6) is 0 Å². The molecule has 0 aliphatic heterocycles. The van der Waals surface area contributed by atoms with E-state index in [-0.39, 0.29) is 0 Å². The van der Waals surface area contributed by atoms with Crippen LogP contribution in [0.1, 0.15) is 11.3 Å². The van der Waals surface area contributed by atoms with Crippen LogP contribution in [0.4, 0.5) is 5.95 Å². The van der Waals surface area contributed by atoms with Gasteiger partial charge in [-0.3, -0.25) is 4.68 Å². The van der Waals surface area contributed by atoms with E-state index in [9.17, 15) is 0 Å². The zero-order chi connectivity index (χ0) is 13.2. The van der Waals surface area contributed by atoms with Crippen molar-refractivity contribution >= 4 is 11.6 Å². The molecule has 3 heterocycles. The fourth-order valence-corrected chi connectivity index (χ4v) is 1.96. The number of hydrogen-bond acceptors (Lipinski definition) is 4. The molecule has 0 bridgehead atoms. The molecule has 0 fully saturated rings. The fourth-order valence-electron chi connectivity index (χ4n) is 1.96. The molecule has 0 saturated heterocycles. The number of aryl methyl sites for hydroxylation is 2. The number of rotatable bonds is 4. The average molecular weight is 256 g/mol. The Morgan fingerprint density at radius 1 is 1.21 bits per heavy atom. The zero-order valence-electron chi connectivity index (χ0n) is 11.0. The molecule has 6 heteroatoms. The van der Waals surface area contributed by atoms with Gasteiger partial charge < -0.3 is 5.32 Å². The van der Waals surface area contributed by atoms with Crippen molar-refractivity contribution in [3.8, 4) is 0 Å². The summed E-state index contributed by atoms with van der Waals surface area (Å²) in [7, 11) is 1.92. The van der Waals surface area contributed by atoms with Crippen molar-refractivity contribution in [2.45, 2.75) is 13.3 Å². The number of nitrogens with zero attached hydrogens (tertiary/aromatic N) is 5. The third-order valence-electron chi connectivity index (χ3n) is 2.93. The Balaban J connectivity index is 1.65. The number of hydrogen-bond donors (Lipinski definition) is 1. The molecule has 0 aromatic carbocycles. The molecule has 0 spiro atoms. The maximum absolute atomic E-state index is 4.43. The van der Waals surface area contributed by atoms with E-state index in [4.69, 9.17) is 0 Å². The monoisotopic (exact) mass is 256 g/mol. The molecule has 3 rings (SSSR count). The Morgan fingerprint density at radius 2 is 2.11 bits per heavy atom. The third kappa shape index (κ3) is 2.57. The van der Waals surface area contributed by atoms with E-state index >= 15 is 0 Å². The highest BCUT2D eigenvalue weighted by atomic mass is 15.3. The van der Waals surface area contributed by atoms with Crippen molar-refractivity contribution in [2.75, 3.05) is 11.9 Å². The van der Waals surface area contributed by atoms with Gasteiger partial charge in [0.2, 0.25) is 5.95 Å². The topological polar surface area (TPSA) is 60.0 Å². The molecule has 3 aromatic heterocycles. The lowest BCUT2D eigenvalue weighted by atomic mass is 10.3. The number of anilines is 1. The molecule has 6 nitrogen and oxygen atoms in total. The number of nitrogens with one attached hydrogen (secondary N) is 1. The van der Waals surface area contributed by atoms with Gasteiger partial charge in [0.1, 0.15) is 0 Å². The van der Waals surface area contributed by atoms with E-state index in [1.54, 1.807) is 9.20 Å². The van der Waals surface area contributed by atoms with E-state index in [1.807, 2.05) is 44.6 Å². The lowest BCUT2D eigenvalue weighted by Crippen LogP contribution is -2.07. The van der Waals surface area contributed by atoms with Gasteiger partial charge in [-0.1, -0.05) is 0 Å². The van der Waals surface area contributed by atoms with Crippen molar-refractivity contribution in [1.29, 1.82) is 0 Å². The first-order valence-electron chi connectivity index (χ1n) is 6.26. The fraction of sp³-hybridized carbons (Fsp3) is 0.308. The summed E-state index contributed by atoms with van der Waals surface area (Å²) >= 11 is 0. The minimum atomic E-state index is 0.654. The maximum Gasteiger partial charge on any atom is 0.243 e. The maximum atomic E-state index is 4.43. The molecule has 0 aliphatic rings. The second kappa shape index (κ2) is 4.72. The Kier molecular flexibility index (Phi) is 2.91. The van der Waals surface area contributed by atoms with Crippen LogP contribution in [0.2, 0.25) is 0 Å². The van der Waals surface area contributed by atoms with Crippen LogP contribution in [0.3, 0.4) is 0 Å². The molecule has 19 heavy (non-hydrogen) atoms. The molecular weight excluding hydrogens is 240 g/mol. The van der Waals surface area contributed by atoms with Gasteiger partial charge in [-0.25, -0.2) is 4.52 Å². The van der Waals surface area contributed by atoms with Crippen molar-refractivity contribution in [3.05, 3.63) is 41.9 Å². The number of pyridine rings is 1. The first-order valence-corrected chi connectivity index (χ1v) is 6.26. The molecule has 1 N–H and O–H groups in total. The third-order valence-corrected chi connectivity index (χ3v) is 2.93. The van der Waals surface area contributed by atoms with E-state index in [1.165, 1.54) is 5.56 Å². The summed E-state index contributed by atoms with van der Waals surface area (Å²) < 4.78 is 3.58. The van der Waals surface area contributed by atoms with Crippen molar-refractivity contribution < 1.29 is 0 Å². The highest BCUT2D eigenvalue weighted by Crippen LogP contribution is 2.07. The van der Waals surface area contributed by atoms with Gasteiger partial charge in [-0.2, -0.15) is 10.1 Å². The van der Waals surface area contributed by atoms with E-state index < -0.39 is 0 Å². The van der Waals surface area contributed by atoms with Crippen LogP contribution in [0, 0.1) is 6.92 Å². The summed E-state index contributed by atoms with van der Waals surface area (Å²) in [4.78, 5) is 4.43. The predicted molar refractivity (Wildman–Crippen MR) is 73.1 cm³/mol. The normalized spacial score (nSPS) is 11.1. The van der Waals surface area contributed by atoms with Gasteiger partial charge in [0, 0.05) is 32.4 Å². The summed E-state index contributed by atoms with van der Waals surface area (Å²) in [5, 5.41) is 11.9. The lowest BCUT2D eigenvalue weighted by Gasteiger charge is -1.98. The first kappa shape index (κ1) is 11.7. The second-order valence-electron chi connectivity index (χ2n) is 4.60. The highest BCUT2D eigenvalue weighted by Gasteiger charge is 2.03. The minimum absolute atomic E-state index is 0.654. The summed E-state index contributed by atoms with van der Waals surface area (Å²) in [5.74, 6) is 0.654. The summed E-state index contributed by atoms with van der Waals surface area (Å²) in [6.07, 6.45) is 4.72. The largest absolute Gasteiger partial charge is 0.353 e. The molecule has 3 aromatic rings. The van der Waals surface area contributed by atoms with Gasteiger partial charge in [0.05, 0.1) is 5.69 Å². The zero-order valence-corrected chi connectivity index (χ0v) is 11.0. The quantitative estimate of drug-likeness (QED) is 0.767. The first-order chi connectivity index (χ1) is 9.20. The average Bonchev–Trinajstić information content (AvgIpc) is 2.95. The van der Waals surface area contributed by atoms with Gasteiger partial charge in [-0.15, -0.1) is 5.10 Å². The highest BCUT2D eigenvalue weighted by molar-refractivity contribution is 5.45. The minimum Gasteiger partial charge on any atom is -0.353 e. The Morgan fingerprint density at radius 3 is 2.89 bits per heavy atom. The second-order valence-corrected chi connectivity index (χ2v) is 4.60. The van der Waals surface area contributed by atoms with Gasteiger partial charge >= 0.3 is 0 Å². The van der Waals surface area contributed by atoms with Crippen LogP contribution in [-0.4, -0.2) is 30.9 Å². The summed E-state index contributed by atoms with van der Waals surface area (Å²) in [6.45, 7) is 2.82. The van der Waals surface area contributed by atoms with Crippen LogP contribution < -0.4 is 5.32 Å². The number of aromatic nitrogens is 5. The van der Waals surface area contributed by atoms with E-state index in [0.717, 1.165) is 24.3 Å². The van der Waals surface area contributed by atoms with Gasteiger partial charge in [0.15, 0.2) is 5.65 Å². The van der Waals surface area contributed by atoms with Crippen LogP contribution in [0.25, 0.3) is 5.65 Å². The molecular formula is C13H16N6. The van der Waals surface area contributed by atoms with Gasteiger partial charge in [-0.05, 0) is 30.7 Å². The molecule has 0 saturated carbocycles. The van der Waals surface area contributed by atoms with Crippen LogP contribution in [-0.2, 0) is 13.5 Å².